The van der Waals surface area contributed by atoms with Crippen molar-refractivity contribution in [2.75, 3.05) is 36.4 Å². The normalized spacial score (nSPS) is 15.1. The first-order chi connectivity index (χ1) is 16.9. The average Bonchev–Trinajstić information content (AvgIpc) is 2.84. The van der Waals surface area contributed by atoms with Crippen LogP contribution in [-0.2, 0) is 16.2 Å². The molecule has 1 saturated heterocycles. The summed E-state index contributed by atoms with van der Waals surface area (Å²) in [7, 11) is -3.93. The molecular formula is C25H23F4N3O3S. The molecule has 36 heavy (non-hydrogen) atoms. The molecule has 0 radical (unpaired) electrons. The van der Waals surface area contributed by atoms with Gasteiger partial charge < -0.3 is 10.2 Å². The van der Waals surface area contributed by atoms with Crippen LogP contribution in [0, 0.1) is 12.7 Å². The zero-order valence-corrected chi connectivity index (χ0v) is 20.0. The maximum absolute atomic E-state index is 13.3. The van der Waals surface area contributed by atoms with Gasteiger partial charge in [0.2, 0.25) is 10.0 Å². The number of carbonyl (C=O) groups excluding carboxylic acids is 1. The molecule has 1 aliphatic heterocycles. The Bertz CT molecular complexity index is 1370. The minimum Gasteiger partial charge on any atom is -0.369 e. The van der Waals surface area contributed by atoms with Crippen LogP contribution in [0.25, 0.3) is 0 Å². The van der Waals surface area contributed by atoms with Gasteiger partial charge in [0.15, 0.2) is 0 Å². The molecule has 0 aromatic heterocycles. The third-order valence-electron chi connectivity index (χ3n) is 5.97. The summed E-state index contributed by atoms with van der Waals surface area (Å²) in [5.41, 5.74) is 0.336. The summed E-state index contributed by atoms with van der Waals surface area (Å²) < 4.78 is 80.0. The number of aryl methyl sites for hydroxylation is 1. The highest BCUT2D eigenvalue weighted by Crippen LogP contribution is 2.31. The molecule has 190 valence electrons. The van der Waals surface area contributed by atoms with E-state index in [-0.39, 0.29) is 35.1 Å². The second kappa shape index (κ2) is 9.90. The van der Waals surface area contributed by atoms with Crippen molar-refractivity contribution in [2.45, 2.75) is 18.0 Å². The van der Waals surface area contributed by atoms with E-state index in [9.17, 15) is 30.8 Å². The van der Waals surface area contributed by atoms with E-state index in [0.29, 0.717) is 18.7 Å². The van der Waals surface area contributed by atoms with Crippen molar-refractivity contribution in [2.24, 2.45) is 0 Å². The maximum atomic E-state index is 13.3. The summed E-state index contributed by atoms with van der Waals surface area (Å²) in [6.07, 6.45) is -4.56. The third-order valence-corrected chi connectivity index (χ3v) is 7.86. The number of nitrogens with one attached hydrogen (secondary N) is 1. The van der Waals surface area contributed by atoms with Crippen molar-refractivity contribution in [3.05, 3.63) is 89.2 Å². The smallest absolute Gasteiger partial charge is 0.369 e. The number of hydrogen-bond donors (Lipinski definition) is 1. The Morgan fingerprint density at radius 3 is 2.22 bits per heavy atom. The Balaban J connectivity index is 1.50. The molecule has 6 nitrogen and oxygen atoms in total. The highest BCUT2D eigenvalue weighted by molar-refractivity contribution is 7.89. The number of carbonyl (C=O) groups is 1. The van der Waals surface area contributed by atoms with E-state index in [4.69, 9.17) is 0 Å². The first-order valence-electron chi connectivity index (χ1n) is 11.0. The van der Waals surface area contributed by atoms with Crippen molar-refractivity contribution in [1.29, 1.82) is 0 Å². The second-order valence-corrected chi connectivity index (χ2v) is 10.3. The van der Waals surface area contributed by atoms with Gasteiger partial charge in [0.25, 0.3) is 5.91 Å². The molecule has 4 rings (SSSR count). The van der Waals surface area contributed by atoms with Crippen molar-refractivity contribution in [1.82, 2.24) is 4.31 Å². The number of sulfonamides is 1. The first-order valence-corrected chi connectivity index (χ1v) is 12.5. The standard InChI is InChI=1S/C25H23F4N3O3S/c1-17-5-10-22(16-23(17)24(33)30-20-4-2-3-18(15-20)25(27,28)29)36(34,35)32-13-11-31(12-14-32)21-8-6-19(26)7-9-21/h2-10,15-16H,11-14H2,1H3,(H,30,33). The molecule has 1 N–H and O–H groups in total. The topological polar surface area (TPSA) is 69.7 Å². The number of rotatable bonds is 5. The molecule has 0 bridgehead atoms. The van der Waals surface area contributed by atoms with Crippen molar-refractivity contribution in [3.63, 3.8) is 0 Å². The molecule has 0 saturated carbocycles. The van der Waals surface area contributed by atoms with E-state index in [1.54, 1.807) is 19.1 Å². The molecule has 1 heterocycles. The Morgan fingerprint density at radius 2 is 1.58 bits per heavy atom. The van der Waals surface area contributed by atoms with Crippen LogP contribution in [0.5, 0.6) is 0 Å². The van der Waals surface area contributed by atoms with Gasteiger partial charge >= 0.3 is 6.18 Å². The molecule has 1 amide bonds. The largest absolute Gasteiger partial charge is 0.416 e. The SMILES string of the molecule is Cc1ccc(S(=O)(=O)N2CCN(c3ccc(F)cc3)CC2)cc1C(=O)Nc1cccc(C(F)(F)F)c1. The van der Waals surface area contributed by atoms with Crippen LogP contribution in [0.2, 0.25) is 0 Å². The molecule has 1 fully saturated rings. The summed E-state index contributed by atoms with van der Waals surface area (Å²) in [6.45, 7) is 2.80. The number of piperazine rings is 1. The first kappa shape index (κ1) is 25.6. The van der Waals surface area contributed by atoms with Gasteiger partial charge in [0.1, 0.15) is 5.82 Å². The molecule has 0 atom stereocenters. The van der Waals surface area contributed by atoms with Gasteiger partial charge in [-0.15, -0.1) is 0 Å². The third kappa shape index (κ3) is 5.52. The molecule has 3 aromatic carbocycles. The Labute approximate surface area is 206 Å². The van der Waals surface area contributed by atoms with Crippen LogP contribution in [-0.4, -0.2) is 44.8 Å². The fourth-order valence-electron chi connectivity index (χ4n) is 3.97. The Kier molecular flexibility index (Phi) is 7.05. The Morgan fingerprint density at radius 1 is 0.917 bits per heavy atom. The van der Waals surface area contributed by atoms with Gasteiger partial charge in [-0.3, -0.25) is 4.79 Å². The molecular weight excluding hydrogens is 498 g/mol. The summed E-state index contributed by atoms with van der Waals surface area (Å²) >= 11 is 0. The van der Waals surface area contributed by atoms with Crippen molar-refractivity contribution < 1.29 is 30.8 Å². The van der Waals surface area contributed by atoms with Crippen LogP contribution in [0.4, 0.5) is 28.9 Å². The predicted octanol–water partition coefficient (Wildman–Crippen LogP) is 4.92. The predicted molar refractivity (Wildman–Crippen MR) is 128 cm³/mol. The summed E-state index contributed by atoms with van der Waals surface area (Å²) in [5.74, 6) is -1.07. The van der Waals surface area contributed by atoms with Gasteiger partial charge in [0, 0.05) is 43.1 Å². The van der Waals surface area contributed by atoms with Crippen molar-refractivity contribution in [3.8, 4) is 0 Å². The fourth-order valence-corrected chi connectivity index (χ4v) is 5.41. The molecule has 3 aromatic rings. The van der Waals surface area contributed by atoms with Crippen LogP contribution >= 0.6 is 0 Å². The number of benzene rings is 3. The summed E-state index contributed by atoms with van der Waals surface area (Å²) in [4.78, 5) is 14.7. The number of anilines is 2. The average molecular weight is 522 g/mol. The van der Waals surface area contributed by atoms with E-state index in [1.165, 1.54) is 46.8 Å². The number of hydrogen-bond acceptors (Lipinski definition) is 4. The zero-order chi connectivity index (χ0) is 26.1. The van der Waals surface area contributed by atoms with Crippen LogP contribution in [0.15, 0.2) is 71.6 Å². The van der Waals surface area contributed by atoms with E-state index < -0.39 is 27.7 Å². The summed E-state index contributed by atoms with van der Waals surface area (Å²) in [6, 6.07) is 14.3. The van der Waals surface area contributed by atoms with E-state index in [1.807, 2.05) is 4.90 Å². The van der Waals surface area contributed by atoms with E-state index >= 15 is 0 Å². The van der Waals surface area contributed by atoms with Gasteiger partial charge in [-0.05, 0) is 67.1 Å². The minimum absolute atomic E-state index is 0.0402. The quantitative estimate of drug-likeness (QED) is 0.484. The molecule has 1 aliphatic rings. The monoisotopic (exact) mass is 521 g/mol. The highest BCUT2D eigenvalue weighted by Gasteiger charge is 2.31. The molecule has 0 spiro atoms. The number of amides is 1. The maximum Gasteiger partial charge on any atom is 0.416 e. The van der Waals surface area contributed by atoms with Gasteiger partial charge in [-0.1, -0.05) is 12.1 Å². The number of halogens is 4. The van der Waals surface area contributed by atoms with E-state index in [2.05, 4.69) is 5.32 Å². The second-order valence-electron chi connectivity index (χ2n) is 8.38. The zero-order valence-electron chi connectivity index (χ0n) is 19.2. The number of nitrogens with zero attached hydrogens (tertiary/aromatic N) is 2. The van der Waals surface area contributed by atoms with Crippen LogP contribution < -0.4 is 10.2 Å². The summed E-state index contributed by atoms with van der Waals surface area (Å²) in [5, 5.41) is 2.42. The highest BCUT2D eigenvalue weighted by atomic mass is 32.2. The van der Waals surface area contributed by atoms with Crippen molar-refractivity contribution >= 4 is 27.3 Å². The minimum atomic E-state index is -4.56. The lowest BCUT2D eigenvalue weighted by Gasteiger charge is -2.35. The number of alkyl halides is 3. The fraction of sp³-hybridized carbons (Fsp3) is 0.240. The molecule has 0 unspecified atom stereocenters. The molecule has 0 aliphatic carbocycles. The molecule has 11 heteroatoms. The van der Waals surface area contributed by atoms with Crippen LogP contribution in [0.1, 0.15) is 21.5 Å². The lowest BCUT2D eigenvalue weighted by atomic mass is 10.1. The Hall–Kier alpha value is -3.44. The van der Waals surface area contributed by atoms with E-state index in [0.717, 1.165) is 17.8 Å². The van der Waals surface area contributed by atoms with Gasteiger partial charge in [-0.25, -0.2) is 12.8 Å². The lowest BCUT2D eigenvalue weighted by molar-refractivity contribution is -0.137. The van der Waals surface area contributed by atoms with Crippen LogP contribution in [0.3, 0.4) is 0 Å². The van der Waals surface area contributed by atoms with Gasteiger partial charge in [0.05, 0.1) is 10.5 Å². The lowest BCUT2D eigenvalue weighted by Crippen LogP contribution is -2.48. The van der Waals surface area contributed by atoms with Gasteiger partial charge in [-0.2, -0.15) is 17.5 Å².